The van der Waals surface area contributed by atoms with Crippen molar-refractivity contribution in [3.8, 4) is 0 Å². The summed E-state index contributed by atoms with van der Waals surface area (Å²) < 4.78 is 0. The van der Waals surface area contributed by atoms with Crippen LogP contribution in [0.2, 0.25) is 0 Å². The Morgan fingerprint density at radius 3 is 2.58 bits per heavy atom. The van der Waals surface area contributed by atoms with E-state index in [-0.39, 0.29) is 18.5 Å². The smallest absolute Gasteiger partial charge is 0.325 e. The molecule has 0 radical (unpaired) electrons. The van der Waals surface area contributed by atoms with Crippen LogP contribution in [0, 0.1) is 0 Å². The molecule has 2 atom stereocenters. The van der Waals surface area contributed by atoms with Crippen molar-refractivity contribution < 1.29 is 14.4 Å². The maximum Gasteiger partial charge on any atom is 0.325 e. The zero-order valence-electron chi connectivity index (χ0n) is 14.7. The first-order chi connectivity index (χ1) is 12.5. The monoisotopic (exact) mass is 371 g/mol. The zero-order chi connectivity index (χ0) is 18.7. The second-order valence-corrected chi connectivity index (χ2v) is 7.23. The van der Waals surface area contributed by atoms with Gasteiger partial charge in [0.25, 0.3) is 5.91 Å². The number of nitrogens with zero attached hydrogens (tertiary/aromatic N) is 1. The fourth-order valence-electron chi connectivity index (χ4n) is 3.17. The predicted molar refractivity (Wildman–Crippen MR) is 99.5 cm³/mol. The van der Waals surface area contributed by atoms with Gasteiger partial charge in [-0.2, -0.15) is 0 Å². The van der Waals surface area contributed by atoms with E-state index in [1.54, 1.807) is 11.3 Å². The summed E-state index contributed by atoms with van der Waals surface area (Å²) >= 11 is 1.54. The van der Waals surface area contributed by atoms with Gasteiger partial charge in [0.15, 0.2) is 0 Å². The number of carbonyl (C=O) groups excluding carboxylic acids is 3. The third-order valence-corrected chi connectivity index (χ3v) is 5.68. The summed E-state index contributed by atoms with van der Waals surface area (Å²) in [4.78, 5) is 39.7. The van der Waals surface area contributed by atoms with E-state index in [4.69, 9.17) is 0 Å². The maximum atomic E-state index is 13.0. The lowest BCUT2D eigenvalue weighted by atomic mass is 9.87. The van der Waals surface area contributed by atoms with E-state index in [0.717, 1.165) is 15.3 Å². The summed E-state index contributed by atoms with van der Waals surface area (Å²) in [7, 11) is 0. The van der Waals surface area contributed by atoms with Crippen molar-refractivity contribution in [1.82, 2.24) is 15.5 Å². The van der Waals surface area contributed by atoms with Gasteiger partial charge < -0.3 is 10.6 Å². The van der Waals surface area contributed by atoms with Crippen LogP contribution in [0.15, 0.2) is 47.8 Å². The molecule has 2 heterocycles. The highest BCUT2D eigenvalue weighted by Crippen LogP contribution is 2.32. The molecule has 2 unspecified atom stereocenters. The molecule has 136 valence electrons. The molecular weight excluding hydrogens is 350 g/mol. The minimum absolute atomic E-state index is 0.173. The second-order valence-electron chi connectivity index (χ2n) is 6.25. The highest BCUT2D eigenvalue weighted by atomic mass is 32.1. The molecule has 0 bridgehead atoms. The number of urea groups is 1. The van der Waals surface area contributed by atoms with Crippen molar-refractivity contribution in [2.24, 2.45) is 0 Å². The van der Waals surface area contributed by atoms with E-state index >= 15 is 0 Å². The minimum atomic E-state index is -1.11. The molecule has 1 fully saturated rings. The van der Waals surface area contributed by atoms with E-state index in [1.807, 2.05) is 61.7 Å². The molecular formula is C19H21N3O3S. The highest BCUT2D eigenvalue weighted by molar-refractivity contribution is 7.10. The van der Waals surface area contributed by atoms with Gasteiger partial charge in [0, 0.05) is 4.88 Å². The minimum Gasteiger partial charge on any atom is -0.347 e. The molecule has 7 heteroatoms. The van der Waals surface area contributed by atoms with Crippen molar-refractivity contribution in [1.29, 1.82) is 0 Å². The molecule has 1 aliphatic heterocycles. The van der Waals surface area contributed by atoms with Crippen molar-refractivity contribution in [3.05, 3.63) is 58.3 Å². The fraction of sp³-hybridized carbons (Fsp3) is 0.316. The molecule has 0 spiro atoms. The van der Waals surface area contributed by atoms with Crippen LogP contribution in [-0.4, -0.2) is 29.3 Å². The predicted octanol–water partition coefficient (Wildman–Crippen LogP) is 2.78. The van der Waals surface area contributed by atoms with Gasteiger partial charge in [-0.3, -0.25) is 14.5 Å². The van der Waals surface area contributed by atoms with Crippen LogP contribution in [0.4, 0.5) is 4.79 Å². The number of hydrogen-bond donors (Lipinski definition) is 2. The van der Waals surface area contributed by atoms with Gasteiger partial charge in [0.2, 0.25) is 5.91 Å². The maximum absolute atomic E-state index is 13.0. The summed E-state index contributed by atoms with van der Waals surface area (Å²) in [5.41, 5.74) is -0.395. The SMILES string of the molecule is CCC1(c2ccccc2)NC(=O)N(CC(=O)NC(C)c2cccs2)C1=O. The van der Waals surface area contributed by atoms with Gasteiger partial charge in [-0.15, -0.1) is 11.3 Å². The lowest BCUT2D eigenvalue weighted by Crippen LogP contribution is -2.45. The first-order valence-electron chi connectivity index (χ1n) is 8.50. The zero-order valence-corrected chi connectivity index (χ0v) is 15.5. The van der Waals surface area contributed by atoms with Crippen LogP contribution in [0.5, 0.6) is 0 Å². The quantitative estimate of drug-likeness (QED) is 0.767. The van der Waals surface area contributed by atoms with Crippen molar-refractivity contribution >= 4 is 29.2 Å². The second kappa shape index (κ2) is 7.29. The fourth-order valence-corrected chi connectivity index (χ4v) is 3.91. The Morgan fingerprint density at radius 1 is 1.23 bits per heavy atom. The van der Waals surface area contributed by atoms with E-state index in [2.05, 4.69) is 10.6 Å². The number of rotatable bonds is 6. The van der Waals surface area contributed by atoms with Gasteiger partial charge >= 0.3 is 6.03 Å². The summed E-state index contributed by atoms with van der Waals surface area (Å²) in [5.74, 6) is -0.760. The third kappa shape index (κ3) is 3.22. The van der Waals surface area contributed by atoms with Gasteiger partial charge in [-0.1, -0.05) is 43.3 Å². The number of nitrogens with one attached hydrogen (secondary N) is 2. The number of thiophene rings is 1. The van der Waals surface area contributed by atoms with Crippen molar-refractivity contribution in [2.75, 3.05) is 6.54 Å². The van der Waals surface area contributed by atoms with Crippen LogP contribution < -0.4 is 10.6 Å². The van der Waals surface area contributed by atoms with E-state index in [0.29, 0.717) is 6.42 Å². The Kier molecular flexibility index (Phi) is 5.08. The molecule has 2 N–H and O–H groups in total. The molecule has 1 aliphatic rings. The van der Waals surface area contributed by atoms with E-state index in [9.17, 15) is 14.4 Å². The molecule has 6 nitrogen and oxygen atoms in total. The summed E-state index contributed by atoms with van der Waals surface area (Å²) in [5, 5.41) is 7.55. The summed E-state index contributed by atoms with van der Waals surface area (Å²) in [6.07, 6.45) is 0.408. The number of imide groups is 1. The number of carbonyl (C=O) groups is 3. The van der Waals surface area contributed by atoms with Gasteiger partial charge in [0.05, 0.1) is 6.04 Å². The highest BCUT2D eigenvalue weighted by Gasteiger charge is 2.51. The Bertz CT molecular complexity index is 807. The van der Waals surface area contributed by atoms with Gasteiger partial charge in [-0.25, -0.2) is 4.79 Å². The Morgan fingerprint density at radius 2 is 1.96 bits per heavy atom. The van der Waals surface area contributed by atoms with Crippen molar-refractivity contribution in [3.63, 3.8) is 0 Å². The largest absolute Gasteiger partial charge is 0.347 e. The van der Waals surface area contributed by atoms with Crippen molar-refractivity contribution in [2.45, 2.75) is 31.8 Å². The van der Waals surface area contributed by atoms with Gasteiger partial charge in [0.1, 0.15) is 12.1 Å². The summed E-state index contributed by atoms with van der Waals surface area (Å²) in [6, 6.07) is 12.2. The summed E-state index contributed by atoms with van der Waals surface area (Å²) in [6.45, 7) is 3.42. The average molecular weight is 371 g/mol. The number of amides is 4. The Balaban J connectivity index is 1.74. The first-order valence-corrected chi connectivity index (χ1v) is 9.38. The molecule has 0 saturated carbocycles. The van der Waals surface area contributed by atoms with Crippen LogP contribution in [-0.2, 0) is 15.1 Å². The molecule has 1 aromatic carbocycles. The third-order valence-electron chi connectivity index (χ3n) is 4.62. The Hall–Kier alpha value is -2.67. The molecule has 1 saturated heterocycles. The molecule has 3 rings (SSSR count). The lowest BCUT2D eigenvalue weighted by molar-refractivity contribution is -0.135. The average Bonchev–Trinajstić information content (AvgIpc) is 3.26. The van der Waals surface area contributed by atoms with Crippen LogP contribution in [0.1, 0.15) is 36.8 Å². The number of hydrogen-bond acceptors (Lipinski definition) is 4. The topological polar surface area (TPSA) is 78.5 Å². The molecule has 1 aromatic heterocycles. The molecule has 0 aliphatic carbocycles. The normalized spacial score (nSPS) is 20.8. The standard InChI is InChI=1S/C19H21N3O3S/c1-3-19(14-8-5-4-6-9-14)17(24)22(18(25)21-19)12-16(23)20-13(2)15-10-7-11-26-15/h4-11,13H,3,12H2,1-2H3,(H,20,23)(H,21,25). The first kappa shape index (κ1) is 18.1. The van der Waals surface area contributed by atoms with Crippen LogP contribution in [0.3, 0.4) is 0 Å². The number of benzene rings is 1. The van der Waals surface area contributed by atoms with E-state index < -0.39 is 17.5 Å². The van der Waals surface area contributed by atoms with Gasteiger partial charge in [-0.05, 0) is 30.4 Å². The lowest BCUT2D eigenvalue weighted by Gasteiger charge is -2.25. The molecule has 2 aromatic rings. The van der Waals surface area contributed by atoms with E-state index in [1.165, 1.54) is 0 Å². The molecule has 4 amide bonds. The van der Waals surface area contributed by atoms with Crippen LogP contribution >= 0.6 is 11.3 Å². The van der Waals surface area contributed by atoms with Crippen LogP contribution in [0.25, 0.3) is 0 Å². The molecule has 26 heavy (non-hydrogen) atoms. The Labute approximate surface area is 156 Å².